The van der Waals surface area contributed by atoms with Crippen LogP contribution < -0.4 is 14.2 Å². The lowest BCUT2D eigenvalue weighted by molar-refractivity contribution is -0.0189. The highest BCUT2D eigenvalue weighted by molar-refractivity contribution is 6.31. The van der Waals surface area contributed by atoms with Crippen molar-refractivity contribution in [2.45, 2.75) is 18.7 Å². The van der Waals surface area contributed by atoms with Gasteiger partial charge in [0.25, 0.3) is 0 Å². The zero-order valence-electron chi connectivity index (χ0n) is 15.4. The van der Waals surface area contributed by atoms with Crippen LogP contribution in [-0.4, -0.2) is 17.5 Å². The third kappa shape index (κ3) is 2.65. The highest BCUT2D eigenvalue weighted by Gasteiger charge is 2.41. The molecule has 3 heterocycles. The molecule has 144 valence electrons. The Morgan fingerprint density at radius 3 is 2.55 bits per heavy atom. The molecular weight excluding hydrogens is 388 g/mol. The molecule has 6 heteroatoms. The molecule has 0 saturated carbocycles. The van der Waals surface area contributed by atoms with E-state index in [1.807, 2.05) is 65.7 Å². The fourth-order valence-corrected chi connectivity index (χ4v) is 4.39. The molecule has 0 unspecified atom stereocenters. The first-order valence-corrected chi connectivity index (χ1v) is 9.91. The normalized spacial score (nSPS) is 21.3. The standard InChI is InChI=1S/C23H17ClN2O3/c24-17-7-3-1-5-15(17)23-26-19(16-6-2-4-8-20(16)29-23)12-18(25-26)14-9-10-21-22(11-14)28-13-27-21/h1-11,19,23H,12-13H2/t19-,23-/m1/s1. The second-order valence-corrected chi connectivity index (χ2v) is 7.65. The largest absolute Gasteiger partial charge is 0.464 e. The highest BCUT2D eigenvalue weighted by Crippen LogP contribution is 2.48. The number of para-hydroxylation sites is 1. The number of hydrogen-bond acceptors (Lipinski definition) is 5. The van der Waals surface area contributed by atoms with Crippen molar-refractivity contribution in [3.05, 3.63) is 88.4 Å². The Bertz CT molecular complexity index is 1150. The molecule has 29 heavy (non-hydrogen) atoms. The summed E-state index contributed by atoms with van der Waals surface area (Å²) in [4.78, 5) is 0. The molecule has 5 nitrogen and oxygen atoms in total. The maximum absolute atomic E-state index is 6.51. The average Bonchev–Trinajstić information content (AvgIpc) is 3.40. The van der Waals surface area contributed by atoms with Crippen LogP contribution in [0.2, 0.25) is 5.02 Å². The molecule has 0 spiro atoms. The van der Waals surface area contributed by atoms with Gasteiger partial charge < -0.3 is 14.2 Å². The van der Waals surface area contributed by atoms with Gasteiger partial charge in [-0.2, -0.15) is 5.10 Å². The molecule has 0 aliphatic carbocycles. The Balaban J connectivity index is 1.45. The molecule has 0 amide bonds. The van der Waals surface area contributed by atoms with E-state index in [2.05, 4.69) is 6.07 Å². The van der Waals surface area contributed by atoms with Gasteiger partial charge in [-0.3, -0.25) is 0 Å². The number of hydrogen-bond donors (Lipinski definition) is 0. The molecule has 0 radical (unpaired) electrons. The summed E-state index contributed by atoms with van der Waals surface area (Å²) in [5.41, 5.74) is 4.06. The van der Waals surface area contributed by atoms with Crippen molar-refractivity contribution in [3.63, 3.8) is 0 Å². The van der Waals surface area contributed by atoms with E-state index < -0.39 is 0 Å². The van der Waals surface area contributed by atoms with E-state index in [1.165, 1.54) is 0 Å². The molecule has 0 bridgehead atoms. The average molecular weight is 405 g/mol. The lowest BCUT2D eigenvalue weighted by Crippen LogP contribution is -2.33. The molecule has 0 aromatic heterocycles. The van der Waals surface area contributed by atoms with E-state index in [1.54, 1.807) is 0 Å². The van der Waals surface area contributed by atoms with E-state index >= 15 is 0 Å². The quantitative estimate of drug-likeness (QED) is 0.580. The molecule has 3 aromatic rings. The van der Waals surface area contributed by atoms with Gasteiger partial charge in [-0.05, 0) is 30.3 Å². The van der Waals surface area contributed by atoms with Crippen LogP contribution in [0.25, 0.3) is 0 Å². The fourth-order valence-electron chi connectivity index (χ4n) is 4.17. The van der Waals surface area contributed by atoms with Crippen LogP contribution in [0, 0.1) is 0 Å². The molecule has 3 aliphatic rings. The Kier molecular flexibility index (Phi) is 3.71. The summed E-state index contributed by atoms with van der Waals surface area (Å²) < 4.78 is 17.3. The Morgan fingerprint density at radius 2 is 1.66 bits per heavy atom. The molecule has 3 aliphatic heterocycles. The van der Waals surface area contributed by atoms with E-state index in [4.69, 9.17) is 30.9 Å². The second kappa shape index (κ2) is 6.42. The minimum Gasteiger partial charge on any atom is -0.464 e. The Morgan fingerprint density at radius 1 is 0.862 bits per heavy atom. The van der Waals surface area contributed by atoms with Gasteiger partial charge >= 0.3 is 0 Å². The maximum Gasteiger partial charge on any atom is 0.231 e. The van der Waals surface area contributed by atoms with Gasteiger partial charge in [-0.1, -0.05) is 48.0 Å². The molecule has 0 N–H and O–H groups in total. The van der Waals surface area contributed by atoms with Crippen LogP contribution in [0.5, 0.6) is 17.2 Å². The van der Waals surface area contributed by atoms with Crippen molar-refractivity contribution in [3.8, 4) is 17.2 Å². The first-order valence-electron chi connectivity index (χ1n) is 9.54. The first kappa shape index (κ1) is 16.7. The van der Waals surface area contributed by atoms with Gasteiger partial charge in [0, 0.05) is 28.1 Å². The van der Waals surface area contributed by atoms with E-state index in [-0.39, 0.29) is 19.1 Å². The third-order valence-electron chi connectivity index (χ3n) is 5.58. The predicted molar refractivity (Wildman–Crippen MR) is 110 cm³/mol. The Labute approximate surface area is 173 Å². The number of ether oxygens (including phenoxy) is 3. The van der Waals surface area contributed by atoms with Crippen LogP contribution in [0.3, 0.4) is 0 Å². The maximum atomic E-state index is 6.51. The first-order chi connectivity index (χ1) is 14.3. The van der Waals surface area contributed by atoms with Crippen LogP contribution in [0.15, 0.2) is 71.8 Å². The van der Waals surface area contributed by atoms with Gasteiger partial charge in [0.2, 0.25) is 13.0 Å². The molecule has 6 rings (SSSR count). The minimum absolute atomic E-state index is 0.0849. The van der Waals surface area contributed by atoms with Gasteiger partial charge in [0.1, 0.15) is 5.75 Å². The molecular formula is C23H17ClN2O3. The monoisotopic (exact) mass is 404 g/mol. The molecule has 3 aromatic carbocycles. The van der Waals surface area contributed by atoms with E-state index in [0.717, 1.165) is 46.1 Å². The molecule has 0 saturated heterocycles. The Hall–Kier alpha value is -3.18. The van der Waals surface area contributed by atoms with Crippen LogP contribution in [-0.2, 0) is 0 Å². The zero-order valence-corrected chi connectivity index (χ0v) is 16.2. The minimum atomic E-state index is -0.380. The van der Waals surface area contributed by atoms with Crippen LogP contribution in [0.1, 0.15) is 35.4 Å². The summed E-state index contributed by atoms with van der Waals surface area (Å²) in [6.45, 7) is 0.260. The fraction of sp³-hybridized carbons (Fsp3) is 0.174. The van der Waals surface area contributed by atoms with Gasteiger partial charge in [0.15, 0.2) is 11.5 Å². The van der Waals surface area contributed by atoms with E-state index in [0.29, 0.717) is 5.02 Å². The molecule has 2 atom stereocenters. The van der Waals surface area contributed by atoms with Crippen molar-refractivity contribution < 1.29 is 14.2 Å². The summed E-state index contributed by atoms with van der Waals surface area (Å²) >= 11 is 6.51. The summed E-state index contributed by atoms with van der Waals surface area (Å²) in [5, 5.41) is 7.67. The summed E-state index contributed by atoms with van der Waals surface area (Å²) in [5.74, 6) is 2.41. The van der Waals surface area contributed by atoms with Gasteiger partial charge in [0.05, 0.1) is 11.8 Å². The van der Waals surface area contributed by atoms with Gasteiger partial charge in [-0.25, -0.2) is 5.01 Å². The lowest BCUT2D eigenvalue weighted by atomic mass is 9.96. The predicted octanol–water partition coefficient (Wildman–Crippen LogP) is 5.31. The number of rotatable bonds is 2. The second-order valence-electron chi connectivity index (χ2n) is 7.24. The number of benzene rings is 3. The number of halogens is 1. The van der Waals surface area contributed by atoms with Crippen molar-refractivity contribution in [1.29, 1.82) is 0 Å². The number of hydrazone groups is 1. The lowest BCUT2D eigenvalue weighted by Gasteiger charge is -2.38. The third-order valence-corrected chi connectivity index (χ3v) is 5.92. The van der Waals surface area contributed by atoms with Crippen molar-refractivity contribution >= 4 is 17.3 Å². The van der Waals surface area contributed by atoms with Crippen molar-refractivity contribution in [2.24, 2.45) is 5.10 Å². The summed E-state index contributed by atoms with van der Waals surface area (Å²) in [6.07, 6.45) is 0.399. The smallest absolute Gasteiger partial charge is 0.231 e. The van der Waals surface area contributed by atoms with Crippen LogP contribution >= 0.6 is 11.6 Å². The number of fused-ring (bicyclic) bond motifs is 4. The highest BCUT2D eigenvalue weighted by atomic mass is 35.5. The number of nitrogens with zero attached hydrogens (tertiary/aromatic N) is 2. The van der Waals surface area contributed by atoms with Gasteiger partial charge in [-0.15, -0.1) is 0 Å². The summed E-state index contributed by atoms with van der Waals surface area (Å²) in [6, 6.07) is 22.0. The summed E-state index contributed by atoms with van der Waals surface area (Å²) in [7, 11) is 0. The van der Waals surface area contributed by atoms with E-state index in [9.17, 15) is 0 Å². The molecule has 0 fully saturated rings. The van der Waals surface area contributed by atoms with Crippen molar-refractivity contribution in [2.75, 3.05) is 6.79 Å². The van der Waals surface area contributed by atoms with Crippen molar-refractivity contribution in [1.82, 2.24) is 5.01 Å². The van der Waals surface area contributed by atoms with Crippen LogP contribution in [0.4, 0.5) is 0 Å². The topological polar surface area (TPSA) is 43.3 Å². The SMILES string of the molecule is Clc1ccccc1[C@H]1Oc2ccccc2[C@H]2CC(c3ccc4c(c3)OCO4)=NN21. The zero-order chi connectivity index (χ0) is 19.4.